The van der Waals surface area contributed by atoms with Crippen LogP contribution in [0.1, 0.15) is 24.5 Å². The molecular formula is C14H20N2O. The molecule has 0 radical (unpaired) electrons. The fourth-order valence-corrected chi connectivity index (χ4v) is 1.62. The number of carbonyl (C=O) groups excluding carboxylic acids is 1. The van der Waals surface area contributed by atoms with Gasteiger partial charge in [-0.25, -0.2) is 0 Å². The fraction of sp³-hybridized carbons (Fsp3) is 0.357. The first-order chi connectivity index (χ1) is 8.24. The first-order valence-corrected chi connectivity index (χ1v) is 5.93. The molecule has 0 spiro atoms. The largest absolute Gasteiger partial charge is 0.356 e. The standard InChI is InChI=1S/C14H20N2O/c1-12(17)16-11-5-4-8-13-6-2-3-7-14(13)9-10-15/h2-4,6-8H,5,9-11,15H2,1H3,(H,16,17). The molecule has 0 atom stereocenters. The van der Waals surface area contributed by atoms with Gasteiger partial charge in [0, 0.05) is 13.5 Å². The van der Waals surface area contributed by atoms with Crippen molar-refractivity contribution in [1.29, 1.82) is 0 Å². The van der Waals surface area contributed by atoms with Crippen molar-refractivity contribution in [2.24, 2.45) is 5.73 Å². The van der Waals surface area contributed by atoms with Crippen molar-refractivity contribution < 1.29 is 4.79 Å². The van der Waals surface area contributed by atoms with E-state index in [0.29, 0.717) is 13.1 Å². The second-order valence-electron chi connectivity index (χ2n) is 3.91. The Morgan fingerprint density at radius 1 is 1.41 bits per heavy atom. The fourth-order valence-electron chi connectivity index (χ4n) is 1.62. The van der Waals surface area contributed by atoms with Gasteiger partial charge in [-0.05, 0) is 30.5 Å². The topological polar surface area (TPSA) is 55.1 Å². The maximum atomic E-state index is 10.7. The van der Waals surface area contributed by atoms with Crippen molar-refractivity contribution >= 4 is 12.0 Å². The lowest BCUT2D eigenvalue weighted by atomic mass is 10.0. The first-order valence-electron chi connectivity index (χ1n) is 5.93. The van der Waals surface area contributed by atoms with Crippen molar-refractivity contribution in [3.63, 3.8) is 0 Å². The van der Waals surface area contributed by atoms with Crippen LogP contribution < -0.4 is 11.1 Å². The van der Waals surface area contributed by atoms with E-state index in [9.17, 15) is 4.79 Å². The van der Waals surface area contributed by atoms with Gasteiger partial charge in [0.05, 0.1) is 0 Å². The zero-order valence-corrected chi connectivity index (χ0v) is 10.3. The third-order valence-corrected chi connectivity index (χ3v) is 2.45. The molecule has 3 heteroatoms. The first kappa shape index (κ1) is 13.5. The molecule has 92 valence electrons. The summed E-state index contributed by atoms with van der Waals surface area (Å²) in [6.45, 7) is 2.88. The summed E-state index contributed by atoms with van der Waals surface area (Å²) in [5, 5.41) is 2.76. The van der Waals surface area contributed by atoms with Crippen LogP contribution in [0, 0.1) is 0 Å². The van der Waals surface area contributed by atoms with Crippen molar-refractivity contribution in [3.8, 4) is 0 Å². The molecule has 0 saturated carbocycles. The second-order valence-corrected chi connectivity index (χ2v) is 3.91. The Morgan fingerprint density at radius 3 is 2.88 bits per heavy atom. The molecule has 17 heavy (non-hydrogen) atoms. The molecule has 1 aromatic rings. The molecule has 0 aliphatic heterocycles. The molecule has 0 aromatic heterocycles. The molecule has 1 amide bonds. The highest BCUT2D eigenvalue weighted by Gasteiger charge is 1.96. The van der Waals surface area contributed by atoms with E-state index in [1.807, 2.05) is 12.1 Å². The minimum atomic E-state index is 0.0157. The summed E-state index contributed by atoms with van der Waals surface area (Å²) < 4.78 is 0. The number of rotatable bonds is 6. The number of nitrogens with one attached hydrogen (secondary N) is 1. The third kappa shape index (κ3) is 5.31. The molecule has 0 fully saturated rings. The van der Waals surface area contributed by atoms with Gasteiger partial charge in [0.2, 0.25) is 5.91 Å². The summed E-state index contributed by atoms with van der Waals surface area (Å²) in [7, 11) is 0. The van der Waals surface area contributed by atoms with Crippen LogP contribution in [0.25, 0.3) is 6.08 Å². The molecule has 0 heterocycles. The zero-order chi connectivity index (χ0) is 12.5. The lowest BCUT2D eigenvalue weighted by Gasteiger charge is -2.03. The average molecular weight is 232 g/mol. The Morgan fingerprint density at radius 2 is 2.18 bits per heavy atom. The monoisotopic (exact) mass is 232 g/mol. The van der Waals surface area contributed by atoms with Crippen LogP contribution in [0.15, 0.2) is 30.3 Å². The van der Waals surface area contributed by atoms with Crippen LogP contribution in [0.5, 0.6) is 0 Å². The van der Waals surface area contributed by atoms with E-state index in [4.69, 9.17) is 5.73 Å². The third-order valence-electron chi connectivity index (χ3n) is 2.45. The van der Waals surface area contributed by atoms with Crippen molar-refractivity contribution in [2.45, 2.75) is 19.8 Å². The SMILES string of the molecule is CC(=O)NCCC=Cc1ccccc1CCN. The van der Waals surface area contributed by atoms with E-state index < -0.39 is 0 Å². The minimum Gasteiger partial charge on any atom is -0.356 e. The normalized spacial score (nSPS) is 10.7. The predicted molar refractivity (Wildman–Crippen MR) is 71.5 cm³/mol. The van der Waals surface area contributed by atoms with Gasteiger partial charge in [-0.3, -0.25) is 4.79 Å². The summed E-state index contributed by atoms with van der Waals surface area (Å²) in [5.41, 5.74) is 8.05. The van der Waals surface area contributed by atoms with Crippen LogP contribution in [0.2, 0.25) is 0 Å². The maximum Gasteiger partial charge on any atom is 0.216 e. The van der Waals surface area contributed by atoms with E-state index in [1.54, 1.807) is 0 Å². The summed E-state index contributed by atoms with van der Waals surface area (Å²) >= 11 is 0. The molecule has 0 aliphatic carbocycles. The molecule has 0 bridgehead atoms. The van der Waals surface area contributed by atoms with Gasteiger partial charge >= 0.3 is 0 Å². The number of nitrogens with two attached hydrogens (primary N) is 1. The second kappa shape index (κ2) is 7.63. The molecule has 1 rings (SSSR count). The predicted octanol–water partition coefficient (Wildman–Crippen LogP) is 1.73. The van der Waals surface area contributed by atoms with Gasteiger partial charge in [-0.2, -0.15) is 0 Å². The Kier molecular flexibility index (Phi) is 6.04. The number of hydrogen-bond donors (Lipinski definition) is 2. The van der Waals surface area contributed by atoms with E-state index in [0.717, 1.165) is 12.8 Å². The lowest BCUT2D eigenvalue weighted by Crippen LogP contribution is -2.20. The molecular weight excluding hydrogens is 212 g/mol. The average Bonchev–Trinajstić information content (AvgIpc) is 2.31. The van der Waals surface area contributed by atoms with Gasteiger partial charge < -0.3 is 11.1 Å². The van der Waals surface area contributed by atoms with E-state index >= 15 is 0 Å². The van der Waals surface area contributed by atoms with Crippen LogP contribution in [-0.2, 0) is 11.2 Å². The Hall–Kier alpha value is -1.61. The highest BCUT2D eigenvalue weighted by molar-refractivity contribution is 5.72. The van der Waals surface area contributed by atoms with Crippen molar-refractivity contribution in [3.05, 3.63) is 41.5 Å². The quantitative estimate of drug-likeness (QED) is 0.734. The van der Waals surface area contributed by atoms with E-state index in [1.165, 1.54) is 18.1 Å². The van der Waals surface area contributed by atoms with Gasteiger partial charge in [0.1, 0.15) is 0 Å². The van der Waals surface area contributed by atoms with Crippen LogP contribution in [0.3, 0.4) is 0 Å². The molecule has 0 unspecified atom stereocenters. The van der Waals surface area contributed by atoms with E-state index in [-0.39, 0.29) is 5.91 Å². The summed E-state index contributed by atoms with van der Waals surface area (Å²) in [6, 6.07) is 8.23. The highest BCUT2D eigenvalue weighted by Crippen LogP contribution is 2.11. The molecule has 3 N–H and O–H groups in total. The van der Waals surface area contributed by atoms with Gasteiger partial charge in [0.15, 0.2) is 0 Å². The maximum absolute atomic E-state index is 10.7. The minimum absolute atomic E-state index is 0.0157. The highest BCUT2D eigenvalue weighted by atomic mass is 16.1. The van der Waals surface area contributed by atoms with Gasteiger partial charge in [-0.15, -0.1) is 0 Å². The van der Waals surface area contributed by atoms with Gasteiger partial charge in [-0.1, -0.05) is 36.4 Å². The summed E-state index contributed by atoms with van der Waals surface area (Å²) in [6.07, 6.45) is 5.90. The smallest absolute Gasteiger partial charge is 0.216 e. The van der Waals surface area contributed by atoms with Crippen molar-refractivity contribution in [1.82, 2.24) is 5.32 Å². The van der Waals surface area contributed by atoms with E-state index in [2.05, 4.69) is 29.6 Å². The lowest BCUT2D eigenvalue weighted by molar-refractivity contribution is -0.118. The Bertz CT molecular complexity index is 386. The number of hydrogen-bond acceptors (Lipinski definition) is 2. The van der Waals surface area contributed by atoms with Crippen molar-refractivity contribution in [2.75, 3.05) is 13.1 Å². The van der Waals surface area contributed by atoms with Crippen LogP contribution in [0.4, 0.5) is 0 Å². The Labute approximate surface area is 103 Å². The van der Waals surface area contributed by atoms with Gasteiger partial charge in [0.25, 0.3) is 0 Å². The molecule has 3 nitrogen and oxygen atoms in total. The number of carbonyl (C=O) groups is 1. The van der Waals surface area contributed by atoms with Crippen LogP contribution in [-0.4, -0.2) is 19.0 Å². The number of benzene rings is 1. The summed E-state index contributed by atoms with van der Waals surface area (Å²) in [4.78, 5) is 10.7. The zero-order valence-electron chi connectivity index (χ0n) is 10.3. The molecule has 0 saturated heterocycles. The summed E-state index contributed by atoms with van der Waals surface area (Å²) in [5.74, 6) is 0.0157. The number of amides is 1. The molecule has 0 aliphatic rings. The molecule has 1 aromatic carbocycles. The Balaban J connectivity index is 2.49. The van der Waals surface area contributed by atoms with Crippen LogP contribution >= 0.6 is 0 Å².